The average Bonchev–Trinajstić information content (AvgIpc) is 3.53. The fraction of sp³-hybridized carbons (Fsp3) is 0.429. The molecule has 2 atom stereocenters. The second-order valence-electron chi connectivity index (χ2n) is 6.61. The molecule has 2 aromatic rings. The second-order valence-corrected chi connectivity index (χ2v) is 6.61. The van der Waals surface area contributed by atoms with Crippen LogP contribution >= 0.6 is 0 Å². The van der Waals surface area contributed by atoms with Gasteiger partial charge in [0.2, 0.25) is 0 Å². The molecule has 4 nitrogen and oxygen atoms in total. The molecule has 132 valence electrons. The summed E-state index contributed by atoms with van der Waals surface area (Å²) < 4.78 is 22.1. The van der Waals surface area contributed by atoms with Gasteiger partial charge in [-0.1, -0.05) is 30.3 Å². The van der Waals surface area contributed by atoms with E-state index >= 15 is 0 Å². The summed E-state index contributed by atoms with van der Waals surface area (Å²) in [7, 11) is 0. The zero-order valence-electron chi connectivity index (χ0n) is 14.4. The van der Waals surface area contributed by atoms with Gasteiger partial charge in [-0.2, -0.15) is 0 Å². The van der Waals surface area contributed by atoms with Gasteiger partial charge >= 0.3 is 0 Å². The number of epoxide rings is 2. The smallest absolute Gasteiger partial charge is 0.122 e. The van der Waals surface area contributed by atoms with E-state index in [1.54, 1.807) is 0 Å². The first kappa shape index (κ1) is 16.4. The summed E-state index contributed by atoms with van der Waals surface area (Å²) in [6.07, 6.45) is 3.62. The Hall–Kier alpha value is -2.04. The third kappa shape index (κ3) is 5.21. The van der Waals surface area contributed by atoms with Gasteiger partial charge in [0.15, 0.2) is 0 Å². The van der Waals surface area contributed by atoms with E-state index < -0.39 is 0 Å². The first-order valence-electron chi connectivity index (χ1n) is 9.02. The Labute approximate surface area is 148 Å². The van der Waals surface area contributed by atoms with E-state index in [4.69, 9.17) is 18.9 Å². The number of para-hydroxylation sites is 1. The number of hydrogen-bond donors (Lipinski definition) is 0. The molecule has 0 spiro atoms. The summed E-state index contributed by atoms with van der Waals surface area (Å²) >= 11 is 0. The molecule has 2 fully saturated rings. The number of hydrogen-bond acceptors (Lipinski definition) is 4. The molecule has 0 amide bonds. The van der Waals surface area contributed by atoms with Crippen molar-refractivity contribution in [1.29, 1.82) is 0 Å². The Kier molecular flexibility index (Phi) is 5.19. The van der Waals surface area contributed by atoms with Crippen molar-refractivity contribution in [3.05, 3.63) is 59.7 Å². The third-order valence-corrected chi connectivity index (χ3v) is 4.50. The Morgan fingerprint density at radius 3 is 2.12 bits per heavy atom. The maximum atomic E-state index is 5.95. The minimum atomic E-state index is 0.409. The predicted octanol–water partition coefficient (Wildman–Crippen LogP) is 3.61. The van der Waals surface area contributed by atoms with Gasteiger partial charge in [-0.3, -0.25) is 0 Å². The van der Waals surface area contributed by atoms with Crippen LogP contribution in [0, 0.1) is 0 Å². The van der Waals surface area contributed by atoms with Gasteiger partial charge in [0.25, 0.3) is 0 Å². The first-order valence-corrected chi connectivity index (χ1v) is 9.02. The van der Waals surface area contributed by atoms with Crippen molar-refractivity contribution in [3.8, 4) is 11.5 Å². The Morgan fingerprint density at radius 2 is 1.44 bits per heavy atom. The molecule has 2 aromatic carbocycles. The van der Waals surface area contributed by atoms with Crippen molar-refractivity contribution < 1.29 is 18.9 Å². The molecule has 0 bridgehead atoms. The summed E-state index contributed by atoms with van der Waals surface area (Å²) in [5.74, 6) is 1.88. The highest BCUT2D eigenvalue weighted by Gasteiger charge is 2.22. The molecule has 2 aliphatic rings. The van der Waals surface area contributed by atoms with Gasteiger partial charge in [0, 0.05) is 19.3 Å². The lowest BCUT2D eigenvalue weighted by atomic mass is 10.0. The van der Waals surface area contributed by atoms with Crippen LogP contribution in [0.15, 0.2) is 48.5 Å². The van der Waals surface area contributed by atoms with Crippen molar-refractivity contribution in [2.75, 3.05) is 26.4 Å². The Balaban J connectivity index is 1.30. The number of benzene rings is 2. The van der Waals surface area contributed by atoms with Crippen molar-refractivity contribution in [1.82, 2.24) is 0 Å². The molecule has 2 heterocycles. The van der Waals surface area contributed by atoms with E-state index in [1.807, 2.05) is 24.3 Å². The first-order chi connectivity index (χ1) is 12.4. The van der Waals surface area contributed by atoms with Crippen LogP contribution in [0.5, 0.6) is 11.5 Å². The van der Waals surface area contributed by atoms with Gasteiger partial charge in [-0.05, 0) is 29.3 Å². The quantitative estimate of drug-likeness (QED) is 0.620. The van der Waals surface area contributed by atoms with E-state index in [0.717, 1.165) is 44.0 Å². The van der Waals surface area contributed by atoms with E-state index in [0.29, 0.717) is 25.4 Å². The third-order valence-electron chi connectivity index (χ3n) is 4.50. The standard InChI is InChI=1S/C21H24O4/c1-2-4-21(23-12-10-20-15-25-20)17(3-1)13-16-5-7-18(8-6-16)22-11-9-19-14-24-19/h1-8,19-20H,9-15H2. The Bertz CT molecular complexity index is 675. The number of ether oxygens (including phenoxy) is 4. The molecule has 4 rings (SSSR count). The second kappa shape index (κ2) is 7.89. The molecular weight excluding hydrogens is 316 g/mol. The van der Waals surface area contributed by atoms with Crippen LogP contribution in [-0.2, 0) is 15.9 Å². The zero-order valence-corrected chi connectivity index (χ0v) is 14.4. The van der Waals surface area contributed by atoms with Gasteiger partial charge in [-0.15, -0.1) is 0 Å². The van der Waals surface area contributed by atoms with Crippen LogP contribution in [0.2, 0.25) is 0 Å². The summed E-state index contributed by atoms with van der Waals surface area (Å²) in [5, 5.41) is 0. The highest BCUT2D eigenvalue weighted by atomic mass is 16.6. The minimum Gasteiger partial charge on any atom is -0.493 e. The van der Waals surface area contributed by atoms with Crippen molar-refractivity contribution in [2.24, 2.45) is 0 Å². The summed E-state index contributed by atoms with van der Waals surface area (Å²) in [5.41, 5.74) is 2.46. The van der Waals surface area contributed by atoms with Crippen LogP contribution in [-0.4, -0.2) is 38.6 Å². The van der Waals surface area contributed by atoms with Crippen molar-refractivity contribution >= 4 is 0 Å². The van der Waals surface area contributed by atoms with Crippen molar-refractivity contribution in [3.63, 3.8) is 0 Å². The van der Waals surface area contributed by atoms with Gasteiger partial charge in [0.05, 0.1) is 38.6 Å². The van der Waals surface area contributed by atoms with Crippen LogP contribution in [0.25, 0.3) is 0 Å². The Morgan fingerprint density at radius 1 is 0.800 bits per heavy atom. The maximum absolute atomic E-state index is 5.95. The van der Waals surface area contributed by atoms with E-state index in [9.17, 15) is 0 Å². The van der Waals surface area contributed by atoms with Gasteiger partial charge in [-0.25, -0.2) is 0 Å². The molecule has 2 unspecified atom stereocenters. The van der Waals surface area contributed by atoms with Gasteiger partial charge < -0.3 is 18.9 Å². The molecular formula is C21H24O4. The SMILES string of the molecule is c1ccc(OCCC2CO2)c(Cc2ccc(OCCC3CO3)cc2)c1. The zero-order chi connectivity index (χ0) is 16.9. The lowest BCUT2D eigenvalue weighted by molar-refractivity contribution is 0.281. The van der Waals surface area contributed by atoms with Crippen molar-refractivity contribution in [2.45, 2.75) is 31.5 Å². The van der Waals surface area contributed by atoms with Crippen LogP contribution in [0.4, 0.5) is 0 Å². The molecule has 0 saturated carbocycles. The van der Waals surface area contributed by atoms with E-state index in [2.05, 4.69) is 24.3 Å². The molecule has 0 N–H and O–H groups in total. The summed E-state index contributed by atoms with van der Waals surface area (Å²) in [6, 6.07) is 16.6. The summed E-state index contributed by atoms with van der Waals surface area (Å²) in [4.78, 5) is 0. The normalized spacial score (nSPS) is 21.0. The maximum Gasteiger partial charge on any atom is 0.122 e. The van der Waals surface area contributed by atoms with Crippen LogP contribution in [0.1, 0.15) is 24.0 Å². The molecule has 0 radical (unpaired) electrons. The average molecular weight is 340 g/mol. The van der Waals surface area contributed by atoms with E-state index in [1.165, 1.54) is 11.1 Å². The molecule has 2 aliphatic heterocycles. The van der Waals surface area contributed by atoms with E-state index in [-0.39, 0.29) is 0 Å². The van der Waals surface area contributed by atoms with Crippen LogP contribution < -0.4 is 9.47 Å². The molecule has 25 heavy (non-hydrogen) atoms. The largest absolute Gasteiger partial charge is 0.493 e. The van der Waals surface area contributed by atoms with Crippen LogP contribution in [0.3, 0.4) is 0 Å². The summed E-state index contributed by atoms with van der Waals surface area (Å²) in [6.45, 7) is 3.19. The van der Waals surface area contributed by atoms with Gasteiger partial charge in [0.1, 0.15) is 11.5 Å². The predicted molar refractivity (Wildman–Crippen MR) is 95.4 cm³/mol. The molecule has 0 aliphatic carbocycles. The lowest BCUT2D eigenvalue weighted by Crippen LogP contribution is -2.03. The highest BCUT2D eigenvalue weighted by molar-refractivity contribution is 5.38. The number of rotatable bonds is 10. The highest BCUT2D eigenvalue weighted by Crippen LogP contribution is 2.24. The molecule has 0 aromatic heterocycles. The fourth-order valence-electron chi connectivity index (χ4n) is 2.79. The lowest BCUT2D eigenvalue weighted by Gasteiger charge is -2.12. The topological polar surface area (TPSA) is 43.5 Å². The molecule has 2 saturated heterocycles. The fourth-order valence-corrected chi connectivity index (χ4v) is 2.79. The monoisotopic (exact) mass is 340 g/mol. The minimum absolute atomic E-state index is 0.409. The molecule has 4 heteroatoms.